The Morgan fingerprint density at radius 3 is 2.94 bits per heavy atom. The second-order valence-corrected chi connectivity index (χ2v) is 3.85. The van der Waals surface area contributed by atoms with E-state index < -0.39 is 0 Å². The van der Waals surface area contributed by atoms with E-state index >= 15 is 0 Å². The minimum Gasteiger partial charge on any atom is -0.489 e. The van der Waals surface area contributed by atoms with Crippen LogP contribution in [0.4, 0.5) is 0 Å². The SMILES string of the molecule is Cl.Clc1ccccc1OCC1CNCCO1. The summed E-state index contributed by atoms with van der Waals surface area (Å²) in [5, 5.41) is 3.89. The van der Waals surface area contributed by atoms with E-state index in [1.54, 1.807) is 0 Å². The molecular weight excluding hydrogens is 249 g/mol. The van der Waals surface area contributed by atoms with Gasteiger partial charge in [0.05, 0.1) is 11.6 Å². The second kappa shape index (κ2) is 6.97. The van der Waals surface area contributed by atoms with Gasteiger partial charge >= 0.3 is 0 Å². The summed E-state index contributed by atoms with van der Waals surface area (Å²) in [5.41, 5.74) is 0. The van der Waals surface area contributed by atoms with Crippen molar-refractivity contribution in [1.82, 2.24) is 5.32 Å². The lowest BCUT2D eigenvalue weighted by Crippen LogP contribution is -2.41. The molecule has 0 bridgehead atoms. The zero-order chi connectivity index (χ0) is 10.5. The molecular formula is C11H15Cl2NO2. The van der Waals surface area contributed by atoms with Crippen molar-refractivity contribution in [3.8, 4) is 5.75 Å². The summed E-state index contributed by atoms with van der Waals surface area (Å²) in [6.45, 7) is 3.04. The Morgan fingerprint density at radius 2 is 2.25 bits per heavy atom. The van der Waals surface area contributed by atoms with E-state index in [1.807, 2.05) is 24.3 Å². The van der Waals surface area contributed by atoms with E-state index in [2.05, 4.69) is 5.32 Å². The number of hydrogen-bond donors (Lipinski definition) is 1. The van der Waals surface area contributed by atoms with Gasteiger partial charge in [0, 0.05) is 13.1 Å². The summed E-state index contributed by atoms with van der Waals surface area (Å²) >= 11 is 5.96. The number of nitrogens with one attached hydrogen (secondary N) is 1. The van der Waals surface area contributed by atoms with Gasteiger partial charge in [0.2, 0.25) is 0 Å². The molecule has 1 unspecified atom stereocenters. The standard InChI is InChI=1S/C11H14ClNO2.ClH/c12-10-3-1-2-4-11(10)15-8-9-7-13-5-6-14-9;/h1-4,9,13H,5-8H2;1H. The molecule has 1 aliphatic heterocycles. The Kier molecular flexibility index (Phi) is 5.91. The normalized spacial score (nSPS) is 19.9. The van der Waals surface area contributed by atoms with E-state index in [9.17, 15) is 0 Å². The van der Waals surface area contributed by atoms with Gasteiger partial charge in [-0.05, 0) is 12.1 Å². The number of hydrogen-bond acceptors (Lipinski definition) is 3. The van der Waals surface area contributed by atoms with Crippen LogP contribution in [-0.4, -0.2) is 32.4 Å². The van der Waals surface area contributed by atoms with Crippen LogP contribution >= 0.6 is 24.0 Å². The van der Waals surface area contributed by atoms with Crippen molar-refractivity contribution in [3.63, 3.8) is 0 Å². The molecule has 90 valence electrons. The fourth-order valence-corrected chi connectivity index (χ4v) is 1.66. The zero-order valence-electron chi connectivity index (χ0n) is 8.82. The first-order valence-electron chi connectivity index (χ1n) is 5.06. The number of halogens is 2. The fraction of sp³-hybridized carbons (Fsp3) is 0.455. The van der Waals surface area contributed by atoms with Gasteiger partial charge < -0.3 is 14.8 Å². The molecule has 1 saturated heterocycles. The lowest BCUT2D eigenvalue weighted by molar-refractivity contribution is 0.000218. The highest BCUT2D eigenvalue weighted by Crippen LogP contribution is 2.23. The third-order valence-corrected chi connectivity index (χ3v) is 2.58. The van der Waals surface area contributed by atoms with E-state index in [4.69, 9.17) is 21.1 Å². The smallest absolute Gasteiger partial charge is 0.138 e. The van der Waals surface area contributed by atoms with E-state index in [0.29, 0.717) is 17.4 Å². The van der Waals surface area contributed by atoms with Crippen LogP contribution in [0.5, 0.6) is 5.75 Å². The molecule has 1 atom stereocenters. The minimum atomic E-state index is 0. The molecule has 1 N–H and O–H groups in total. The first-order valence-corrected chi connectivity index (χ1v) is 5.44. The minimum absolute atomic E-state index is 0. The molecule has 0 spiro atoms. The van der Waals surface area contributed by atoms with Gasteiger partial charge in [-0.1, -0.05) is 23.7 Å². The zero-order valence-corrected chi connectivity index (χ0v) is 10.4. The average molecular weight is 264 g/mol. The van der Waals surface area contributed by atoms with E-state index in [-0.39, 0.29) is 18.5 Å². The van der Waals surface area contributed by atoms with E-state index in [1.165, 1.54) is 0 Å². The largest absolute Gasteiger partial charge is 0.489 e. The lowest BCUT2D eigenvalue weighted by atomic mass is 10.3. The molecule has 0 amide bonds. The molecule has 3 nitrogen and oxygen atoms in total. The fourth-order valence-electron chi connectivity index (χ4n) is 1.47. The van der Waals surface area contributed by atoms with Crippen molar-refractivity contribution in [2.45, 2.75) is 6.10 Å². The van der Waals surface area contributed by atoms with Gasteiger partial charge in [-0.25, -0.2) is 0 Å². The molecule has 1 aliphatic rings. The summed E-state index contributed by atoms with van der Waals surface area (Å²) in [4.78, 5) is 0. The molecule has 1 aromatic rings. The van der Waals surface area contributed by atoms with Crippen LogP contribution in [0.3, 0.4) is 0 Å². The Morgan fingerprint density at radius 1 is 1.44 bits per heavy atom. The highest BCUT2D eigenvalue weighted by molar-refractivity contribution is 6.32. The van der Waals surface area contributed by atoms with Gasteiger partial charge in [0.25, 0.3) is 0 Å². The second-order valence-electron chi connectivity index (χ2n) is 3.44. The first-order chi connectivity index (χ1) is 7.36. The van der Waals surface area contributed by atoms with Gasteiger partial charge in [-0.3, -0.25) is 0 Å². The molecule has 1 aromatic carbocycles. The number of ether oxygens (including phenoxy) is 2. The highest BCUT2D eigenvalue weighted by Gasteiger charge is 2.14. The Labute approximate surface area is 106 Å². The van der Waals surface area contributed by atoms with Crippen molar-refractivity contribution in [2.75, 3.05) is 26.3 Å². The molecule has 1 heterocycles. The maximum absolute atomic E-state index is 5.96. The quantitative estimate of drug-likeness (QED) is 0.907. The third-order valence-electron chi connectivity index (χ3n) is 2.27. The van der Waals surface area contributed by atoms with Crippen LogP contribution in [0.1, 0.15) is 0 Å². The predicted octanol–water partition coefficient (Wildman–Crippen LogP) is 2.13. The van der Waals surface area contributed by atoms with Crippen LogP contribution in [-0.2, 0) is 4.74 Å². The Hall–Kier alpha value is -0.480. The molecule has 5 heteroatoms. The summed E-state index contributed by atoms with van der Waals surface area (Å²) in [7, 11) is 0. The Balaban J connectivity index is 0.00000128. The molecule has 2 rings (SSSR count). The van der Waals surface area contributed by atoms with Gasteiger partial charge in [-0.15, -0.1) is 12.4 Å². The topological polar surface area (TPSA) is 30.5 Å². The van der Waals surface area contributed by atoms with Crippen LogP contribution in [0, 0.1) is 0 Å². The van der Waals surface area contributed by atoms with Crippen LogP contribution in [0.25, 0.3) is 0 Å². The number of para-hydroxylation sites is 1. The van der Waals surface area contributed by atoms with Crippen molar-refractivity contribution in [1.29, 1.82) is 0 Å². The van der Waals surface area contributed by atoms with Crippen molar-refractivity contribution < 1.29 is 9.47 Å². The first kappa shape index (κ1) is 13.6. The van der Waals surface area contributed by atoms with Crippen LogP contribution < -0.4 is 10.1 Å². The summed E-state index contributed by atoms with van der Waals surface area (Å²) < 4.78 is 11.1. The van der Waals surface area contributed by atoms with Crippen molar-refractivity contribution >= 4 is 24.0 Å². The maximum atomic E-state index is 5.96. The summed E-state index contributed by atoms with van der Waals surface area (Å²) in [6, 6.07) is 7.46. The van der Waals surface area contributed by atoms with Crippen LogP contribution in [0.15, 0.2) is 24.3 Å². The molecule has 16 heavy (non-hydrogen) atoms. The summed E-state index contributed by atoms with van der Waals surface area (Å²) in [6.07, 6.45) is 0.120. The predicted molar refractivity (Wildman–Crippen MR) is 66.8 cm³/mol. The summed E-state index contributed by atoms with van der Waals surface area (Å²) in [5.74, 6) is 0.716. The Bertz CT molecular complexity index is 317. The molecule has 0 radical (unpaired) electrons. The number of morpholine rings is 1. The molecule has 0 saturated carbocycles. The highest BCUT2D eigenvalue weighted by atomic mass is 35.5. The lowest BCUT2D eigenvalue weighted by Gasteiger charge is -2.23. The third kappa shape index (κ3) is 3.83. The van der Waals surface area contributed by atoms with Crippen molar-refractivity contribution in [2.24, 2.45) is 0 Å². The van der Waals surface area contributed by atoms with Gasteiger partial charge in [0.15, 0.2) is 0 Å². The van der Waals surface area contributed by atoms with Crippen LogP contribution in [0.2, 0.25) is 5.02 Å². The number of rotatable bonds is 3. The number of benzene rings is 1. The molecule has 0 aromatic heterocycles. The van der Waals surface area contributed by atoms with E-state index in [0.717, 1.165) is 19.7 Å². The van der Waals surface area contributed by atoms with Gasteiger partial charge in [-0.2, -0.15) is 0 Å². The van der Waals surface area contributed by atoms with Gasteiger partial charge in [0.1, 0.15) is 18.5 Å². The monoisotopic (exact) mass is 263 g/mol. The average Bonchev–Trinajstić information content (AvgIpc) is 2.29. The molecule has 0 aliphatic carbocycles. The molecule has 1 fully saturated rings. The maximum Gasteiger partial charge on any atom is 0.138 e. The van der Waals surface area contributed by atoms with Crippen molar-refractivity contribution in [3.05, 3.63) is 29.3 Å².